The summed E-state index contributed by atoms with van der Waals surface area (Å²) in [5, 5.41) is 17.2. The van der Waals surface area contributed by atoms with Crippen molar-refractivity contribution in [3.63, 3.8) is 0 Å². The van der Waals surface area contributed by atoms with E-state index in [0.717, 1.165) is 18.1 Å². The van der Waals surface area contributed by atoms with Crippen LogP contribution in [0.25, 0.3) is 0 Å². The van der Waals surface area contributed by atoms with Crippen LogP contribution in [0.5, 0.6) is 0 Å². The van der Waals surface area contributed by atoms with Gasteiger partial charge in [-0.3, -0.25) is 4.79 Å². The Balaban J connectivity index is 1.50. The molecule has 0 fully saturated rings. The first-order chi connectivity index (χ1) is 11.2. The van der Waals surface area contributed by atoms with Gasteiger partial charge in [-0.25, -0.2) is 0 Å². The minimum Gasteiger partial charge on any atom is -0.360 e. The standard InChI is InChI=1S/C14H15N5O2S2/c1-10-7-12(18-21-10)16-13(20)8-23-14-17-15-9-19(14)5-4-11-3-2-6-22-11/h2-3,6-7,9H,4-5,8H2,1H3,(H,16,18,20). The smallest absolute Gasteiger partial charge is 0.236 e. The molecule has 0 saturated carbocycles. The van der Waals surface area contributed by atoms with Crippen LogP contribution < -0.4 is 5.32 Å². The molecule has 0 radical (unpaired) electrons. The van der Waals surface area contributed by atoms with E-state index in [-0.39, 0.29) is 11.7 Å². The van der Waals surface area contributed by atoms with Crippen LogP contribution in [0.15, 0.2) is 39.6 Å². The number of rotatable bonds is 7. The summed E-state index contributed by atoms with van der Waals surface area (Å²) < 4.78 is 6.86. The van der Waals surface area contributed by atoms with E-state index in [1.54, 1.807) is 30.7 Å². The van der Waals surface area contributed by atoms with Gasteiger partial charge in [-0.2, -0.15) is 0 Å². The summed E-state index contributed by atoms with van der Waals surface area (Å²) >= 11 is 3.08. The predicted molar refractivity (Wildman–Crippen MR) is 88.6 cm³/mol. The van der Waals surface area contributed by atoms with Crippen molar-refractivity contribution in [2.24, 2.45) is 0 Å². The van der Waals surface area contributed by atoms with Crippen molar-refractivity contribution in [2.45, 2.75) is 25.0 Å². The lowest BCUT2D eigenvalue weighted by Crippen LogP contribution is -2.14. The number of amides is 1. The summed E-state index contributed by atoms with van der Waals surface area (Å²) in [6.45, 7) is 2.56. The minimum absolute atomic E-state index is 0.156. The number of hydrogen-bond acceptors (Lipinski definition) is 7. The van der Waals surface area contributed by atoms with E-state index >= 15 is 0 Å². The van der Waals surface area contributed by atoms with Gasteiger partial charge in [0.2, 0.25) is 5.91 Å². The zero-order valence-electron chi connectivity index (χ0n) is 12.4. The van der Waals surface area contributed by atoms with Gasteiger partial charge >= 0.3 is 0 Å². The van der Waals surface area contributed by atoms with E-state index < -0.39 is 0 Å². The fraction of sp³-hybridized carbons (Fsp3) is 0.286. The first-order valence-corrected chi connectivity index (χ1v) is 8.83. The van der Waals surface area contributed by atoms with Gasteiger partial charge in [0, 0.05) is 17.5 Å². The Morgan fingerprint density at radius 3 is 3.17 bits per heavy atom. The molecule has 0 bridgehead atoms. The van der Waals surface area contributed by atoms with Crippen LogP contribution in [0.2, 0.25) is 0 Å². The molecule has 3 aromatic heterocycles. The van der Waals surface area contributed by atoms with E-state index in [0.29, 0.717) is 11.6 Å². The zero-order valence-corrected chi connectivity index (χ0v) is 14.1. The van der Waals surface area contributed by atoms with Crippen LogP contribution in [0, 0.1) is 6.92 Å². The molecule has 0 aromatic carbocycles. The van der Waals surface area contributed by atoms with Gasteiger partial charge in [-0.05, 0) is 24.8 Å². The number of anilines is 1. The lowest BCUT2D eigenvalue weighted by Gasteiger charge is -2.05. The summed E-state index contributed by atoms with van der Waals surface area (Å²) in [4.78, 5) is 13.2. The maximum atomic E-state index is 11.9. The average Bonchev–Trinajstić information content (AvgIpc) is 3.25. The number of thioether (sulfide) groups is 1. The monoisotopic (exact) mass is 349 g/mol. The molecule has 3 rings (SSSR count). The van der Waals surface area contributed by atoms with Gasteiger partial charge in [-0.15, -0.1) is 21.5 Å². The molecule has 9 heteroatoms. The summed E-state index contributed by atoms with van der Waals surface area (Å²) in [6, 6.07) is 5.82. The molecule has 0 aliphatic carbocycles. The van der Waals surface area contributed by atoms with Crippen molar-refractivity contribution < 1.29 is 9.32 Å². The van der Waals surface area contributed by atoms with E-state index in [1.165, 1.54) is 16.6 Å². The molecule has 1 amide bonds. The number of hydrogen-bond donors (Lipinski definition) is 1. The number of thiophene rings is 1. The van der Waals surface area contributed by atoms with Gasteiger partial charge in [0.25, 0.3) is 0 Å². The minimum atomic E-state index is -0.156. The highest BCUT2D eigenvalue weighted by Crippen LogP contribution is 2.17. The van der Waals surface area contributed by atoms with Crippen LogP contribution in [-0.4, -0.2) is 31.6 Å². The van der Waals surface area contributed by atoms with E-state index in [1.807, 2.05) is 10.6 Å². The third-order valence-electron chi connectivity index (χ3n) is 2.99. The molecule has 0 aliphatic heterocycles. The molecule has 0 spiro atoms. The first-order valence-electron chi connectivity index (χ1n) is 6.97. The molecule has 0 unspecified atom stereocenters. The zero-order chi connectivity index (χ0) is 16.1. The molecular formula is C14H15N5O2S2. The molecule has 0 aliphatic rings. The Kier molecular flexibility index (Phi) is 5.09. The van der Waals surface area contributed by atoms with Crippen molar-refractivity contribution in [1.29, 1.82) is 0 Å². The average molecular weight is 349 g/mol. The quantitative estimate of drug-likeness (QED) is 0.660. The maximum absolute atomic E-state index is 11.9. The number of aryl methyl sites for hydroxylation is 3. The van der Waals surface area contributed by atoms with Crippen molar-refractivity contribution in [1.82, 2.24) is 19.9 Å². The highest BCUT2D eigenvalue weighted by atomic mass is 32.2. The van der Waals surface area contributed by atoms with E-state index in [2.05, 4.69) is 32.1 Å². The Hall–Kier alpha value is -2.13. The molecule has 120 valence electrons. The fourth-order valence-corrected chi connectivity index (χ4v) is 3.37. The third-order valence-corrected chi connectivity index (χ3v) is 4.90. The van der Waals surface area contributed by atoms with Crippen molar-refractivity contribution in [3.05, 3.63) is 40.5 Å². The Morgan fingerprint density at radius 2 is 2.43 bits per heavy atom. The Labute approximate surface area is 141 Å². The van der Waals surface area contributed by atoms with Crippen molar-refractivity contribution >= 4 is 34.8 Å². The number of carbonyl (C=O) groups is 1. The fourth-order valence-electron chi connectivity index (χ4n) is 1.93. The van der Waals surface area contributed by atoms with Crippen LogP contribution in [0.1, 0.15) is 10.6 Å². The highest BCUT2D eigenvalue weighted by Gasteiger charge is 2.11. The molecule has 0 atom stereocenters. The largest absolute Gasteiger partial charge is 0.360 e. The summed E-state index contributed by atoms with van der Waals surface area (Å²) in [5.41, 5.74) is 0. The Bertz CT molecular complexity index is 766. The van der Waals surface area contributed by atoms with Crippen LogP contribution in [0.4, 0.5) is 5.82 Å². The molecule has 0 saturated heterocycles. The van der Waals surface area contributed by atoms with Gasteiger partial charge in [0.05, 0.1) is 5.75 Å². The second-order valence-corrected chi connectivity index (χ2v) is 6.77. The summed E-state index contributed by atoms with van der Waals surface area (Å²) in [7, 11) is 0. The van der Waals surface area contributed by atoms with E-state index in [9.17, 15) is 4.79 Å². The number of nitrogens with zero attached hydrogens (tertiary/aromatic N) is 4. The second kappa shape index (κ2) is 7.42. The lowest BCUT2D eigenvalue weighted by molar-refractivity contribution is -0.113. The third kappa shape index (κ3) is 4.42. The molecule has 3 heterocycles. The molecular weight excluding hydrogens is 334 g/mol. The molecule has 1 N–H and O–H groups in total. The van der Waals surface area contributed by atoms with Crippen molar-refractivity contribution in [2.75, 3.05) is 11.1 Å². The highest BCUT2D eigenvalue weighted by molar-refractivity contribution is 7.99. The molecule has 7 nitrogen and oxygen atoms in total. The number of nitrogens with one attached hydrogen (secondary N) is 1. The van der Waals surface area contributed by atoms with Gasteiger partial charge in [-0.1, -0.05) is 23.0 Å². The SMILES string of the molecule is Cc1cc(NC(=O)CSc2nncn2CCc2cccs2)no1. The maximum Gasteiger partial charge on any atom is 0.236 e. The van der Waals surface area contributed by atoms with Gasteiger partial charge in [0.15, 0.2) is 11.0 Å². The van der Waals surface area contributed by atoms with Gasteiger partial charge in [0.1, 0.15) is 12.1 Å². The van der Waals surface area contributed by atoms with Crippen LogP contribution in [0.3, 0.4) is 0 Å². The first kappa shape index (κ1) is 15.8. The molecule has 23 heavy (non-hydrogen) atoms. The number of aromatic nitrogens is 4. The van der Waals surface area contributed by atoms with Crippen LogP contribution >= 0.6 is 23.1 Å². The van der Waals surface area contributed by atoms with Crippen molar-refractivity contribution in [3.8, 4) is 0 Å². The normalized spacial score (nSPS) is 10.8. The predicted octanol–water partition coefficient (Wildman–Crippen LogP) is 2.61. The topological polar surface area (TPSA) is 85.8 Å². The summed E-state index contributed by atoms with van der Waals surface area (Å²) in [6.07, 6.45) is 2.61. The van der Waals surface area contributed by atoms with Gasteiger partial charge < -0.3 is 14.4 Å². The Morgan fingerprint density at radius 1 is 1.52 bits per heavy atom. The lowest BCUT2D eigenvalue weighted by atomic mass is 10.3. The van der Waals surface area contributed by atoms with Crippen LogP contribution in [-0.2, 0) is 17.8 Å². The summed E-state index contributed by atoms with van der Waals surface area (Å²) in [5.74, 6) is 1.16. The van der Waals surface area contributed by atoms with E-state index in [4.69, 9.17) is 4.52 Å². The number of carbonyl (C=O) groups excluding carboxylic acids is 1. The second-order valence-electron chi connectivity index (χ2n) is 4.80. The molecule has 3 aromatic rings.